The van der Waals surface area contributed by atoms with Crippen LogP contribution < -0.4 is 11.1 Å². The average Bonchev–Trinajstić information content (AvgIpc) is 2.62. The summed E-state index contributed by atoms with van der Waals surface area (Å²) in [5, 5.41) is 14.7. The van der Waals surface area contributed by atoms with Gasteiger partial charge in [0, 0.05) is 6.61 Å². The molecule has 2 atom stereocenters. The Balaban J connectivity index is 2.03. The third-order valence-corrected chi connectivity index (χ3v) is 3.93. The van der Waals surface area contributed by atoms with Gasteiger partial charge in [0.05, 0.1) is 12.1 Å². The van der Waals surface area contributed by atoms with E-state index in [1.807, 2.05) is 6.92 Å². The van der Waals surface area contributed by atoms with E-state index in [1.165, 1.54) is 0 Å². The normalized spacial score (nSPS) is 31.9. The molecule has 6 heteroatoms. The third kappa shape index (κ3) is 1.97. The molecule has 0 bridgehead atoms. The van der Waals surface area contributed by atoms with Crippen molar-refractivity contribution in [3.63, 3.8) is 0 Å². The van der Waals surface area contributed by atoms with Gasteiger partial charge >= 0.3 is 0 Å². The molecule has 0 aromatic heterocycles. The number of rotatable bonds is 3. The SMILES string of the molecule is CC1OCCC1NC(=O)C1(C(N)=NO)CCC1. The fourth-order valence-corrected chi connectivity index (χ4v) is 2.45. The van der Waals surface area contributed by atoms with Gasteiger partial charge in [0.25, 0.3) is 0 Å². The molecule has 96 valence electrons. The van der Waals surface area contributed by atoms with Crippen LogP contribution >= 0.6 is 0 Å². The summed E-state index contributed by atoms with van der Waals surface area (Å²) in [5.74, 6) is -0.116. The van der Waals surface area contributed by atoms with Crippen LogP contribution in [0.1, 0.15) is 32.6 Å². The van der Waals surface area contributed by atoms with Crippen LogP contribution in [0.25, 0.3) is 0 Å². The molecular weight excluding hydrogens is 222 g/mol. The van der Waals surface area contributed by atoms with Crippen LogP contribution in [-0.4, -0.2) is 35.7 Å². The van der Waals surface area contributed by atoms with Crippen molar-refractivity contribution in [2.45, 2.75) is 44.8 Å². The fraction of sp³-hybridized carbons (Fsp3) is 0.818. The molecule has 17 heavy (non-hydrogen) atoms. The molecule has 2 fully saturated rings. The number of amides is 1. The molecule has 0 aromatic carbocycles. The molecule has 4 N–H and O–H groups in total. The minimum Gasteiger partial charge on any atom is -0.409 e. The van der Waals surface area contributed by atoms with E-state index in [9.17, 15) is 4.79 Å². The first-order valence-electron chi connectivity index (χ1n) is 6.01. The van der Waals surface area contributed by atoms with Crippen LogP contribution in [0.4, 0.5) is 0 Å². The highest BCUT2D eigenvalue weighted by Gasteiger charge is 2.49. The Morgan fingerprint density at radius 2 is 2.29 bits per heavy atom. The molecule has 2 aliphatic rings. The molecule has 0 radical (unpaired) electrons. The molecular formula is C11H19N3O3. The lowest BCUT2D eigenvalue weighted by atomic mass is 9.67. The van der Waals surface area contributed by atoms with E-state index in [0.717, 1.165) is 12.8 Å². The van der Waals surface area contributed by atoms with Gasteiger partial charge in [-0.1, -0.05) is 11.6 Å². The lowest BCUT2D eigenvalue weighted by Crippen LogP contribution is -2.56. The molecule has 1 saturated carbocycles. The molecule has 1 aliphatic carbocycles. The predicted octanol–water partition coefficient (Wildman–Crippen LogP) is 0.197. The van der Waals surface area contributed by atoms with Crippen molar-refractivity contribution >= 4 is 11.7 Å². The maximum absolute atomic E-state index is 12.2. The summed E-state index contributed by atoms with van der Waals surface area (Å²) in [6.45, 7) is 2.61. The van der Waals surface area contributed by atoms with Crippen molar-refractivity contribution in [1.29, 1.82) is 0 Å². The zero-order valence-electron chi connectivity index (χ0n) is 9.98. The number of ether oxygens (including phenoxy) is 1. The molecule has 1 amide bonds. The van der Waals surface area contributed by atoms with Gasteiger partial charge in [-0.15, -0.1) is 0 Å². The van der Waals surface area contributed by atoms with E-state index in [4.69, 9.17) is 15.7 Å². The van der Waals surface area contributed by atoms with Crippen LogP contribution in [0.2, 0.25) is 0 Å². The van der Waals surface area contributed by atoms with Crippen molar-refractivity contribution < 1.29 is 14.7 Å². The Labute approximate surface area is 100 Å². The Morgan fingerprint density at radius 1 is 1.59 bits per heavy atom. The van der Waals surface area contributed by atoms with E-state index in [-0.39, 0.29) is 23.9 Å². The minimum absolute atomic E-state index is 0.0211. The standard InChI is InChI=1S/C11H19N3O3/c1-7-8(3-6-17-7)13-10(15)11(4-2-5-11)9(12)14-16/h7-8,16H,2-6H2,1H3,(H2,12,14)(H,13,15). The van der Waals surface area contributed by atoms with E-state index >= 15 is 0 Å². The lowest BCUT2D eigenvalue weighted by molar-refractivity contribution is -0.132. The van der Waals surface area contributed by atoms with Gasteiger partial charge in [0.1, 0.15) is 5.41 Å². The molecule has 1 heterocycles. The predicted molar refractivity (Wildman–Crippen MR) is 61.7 cm³/mol. The Bertz CT molecular complexity index is 339. The number of amidine groups is 1. The van der Waals surface area contributed by atoms with Gasteiger partial charge in [-0.3, -0.25) is 4.79 Å². The van der Waals surface area contributed by atoms with Gasteiger partial charge in [-0.2, -0.15) is 0 Å². The first-order chi connectivity index (χ1) is 8.10. The second-order valence-electron chi connectivity index (χ2n) is 4.87. The fourth-order valence-electron chi connectivity index (χ4n) is 2.45. The van der Waals surface area contributed by atoms with Crippen molar-refractivity contribution in [3.05, 3.63) is 0 Å². The molecule has 0 spiro atoms. The summed E-state index contributed by atoms with van der Waals surface area (Å²) < 4.78 is 5.39. The van der Waals surface area contributed by atoms with Gasteiger partial charge < -0.3 is 21.0 Å². The maximum Gasteiger partial charge on any atom is 0.234 e. The van der Waals surface area contributed by atoms with E-state index in [1.54, 1.807) is 0 Å². The summed E-state index contributed by atoms with van der Waals surface area (Å²) in [5.41, 5.74) is 4.84. The number of nitrogens with one attached hydrogen (secondary N) is 1. The van der Waals surface area contributed by atoms with Crippen LogP contribution in [0.3, 0.4) is 0 Å². The second kappa shape index (κ2) is 4.52. The molecule has 2 rings (SSSR count). The van der Waals surface area contributed by atoms with Crippen molar-refractivity contribution in [2.75, 3.05) is 6.61 Å². The Morgan fingerprint density at radius 3 is 2.71 bits per heavy atom. The molecule has 6 nitrogen and oxygen atoms in total. The van der Waals surface area contributed by atoms with Crippen molar-refractivity contribution in [1.82, 2.24) is 5.32 Å². The van der Waals surface area contributed by atoms with Gasteiger partial charge in [0.2, 0.25) is 5.91 Å². The first kappa shape index (κ1) is 12.2. The number of hydrogen-bond acceptors (Lipinski definition) is 4. The summed E-state index contributed by atoms with van der Waals surface area (Å²) >= 11 is 0. The number of carbonyl (C=O) groups excluding carboxylic acids is 1. The summed E-state index contributed by atoms with van der Waals surface area (Å²) in [4.78, 5) is 12.2. The Hall–Kier alpha value is -1.30. The highest BCUT2D eigenvalue weighted by Crippen LogP contribution is 2.41. The number of nitrogens with zero attached hydrogens (tertiary/aromatic N) is 1. The van der Waals surface area contributed by atoms with Crippen molar-refractivity contribution in [2.24, 2.45) is 16.3 Å². The van der Waals surface area contributed by atoms with Crippen LogP contribution in [-0.2, 0) is 9.53 Å². The molecule has 2 unspecified atom stereocenters. The topological polar surface area (TPSA) is 96.9 Å². The van der Waals surface area contributed by atoms with Crippen LogP contribution in [0.15, 0.2) is 5.16 Å². The summed E-state index contributed by atoms with van der Waals surface area (Å²) in [6.07, 6.45) is 3.08. The van der Waals surface area contributed by atoms with Crippen LogP contribution in [0, 0.1) is 5.41 Å². The number of carbonyl (C=O) groups is 1. The highest BCUT2D eigenvalue weighted by molar-refractivity contribution is 6.07. The van der Waals surface area contributed by atoms with Gasteiger partial charge in [-0.05, 0) is 26.2 Å². The largest absolute Gasteiger partial charge is 0.409 e. The minimum atomic E-state index is -0.795. The third-order valence-electron chi connectivity index (χ3n) is 3.93. The van der Waals surface area contributed by atoms with E-state index < -0.39 is 5.41 Å². The first-order valence-corrected chi connectivity index (χ1v) is 6.01. The highest BCUT2D eigenvalue weighted by atomic mass is 16.5. The average molecular weight is 241 g/mol. The van der Waals surface area contributed by atoms with Crippen molar-refractivity contribution in [3.8, 4) is 0 Å². The molecule has 0 aromatic rings. The summed E-state index contributed by atoms with van der Waals surface area (Å²) in [7, 11) is 0. The van der Waals surface area contributed by atoms with Crippen LogP contribution in [0.5, 0.6) is 0 Å². The number of nitrogens with two attached hydrogens (primary N) is 1. The number of hydrogen-bond donors (Lipinski definition) is 3. The molecule has 1 aliphatic heterocycles. The second-order valence-corrected chi connectivity index (χ2v) is 4.87. The van der Waals surface area contributed by atoms with Gasteiger partial charge in [0.15, 0.2) is 5.84 Å². The molecule has 1 saturated heterocycles. The monoisotopic (exact) mass is 241 g/mol. The zero-order valence-corrected chi connectivity index (χ0v) is 9.98. The lowest BCUT2D eigenvalue weighted by Gasteiger charge is -2.39. The smallest absolute Gasteiger partial charge is 0.234 e. The number of oxime groups is 1. The maximum atomic E-state index is 12.2. The summed E-state index contributed by atoms with van der Waals surface area (Å²) in [6, 6.07) is 0.0338. The zero-order chi connectivity index (χ0) is 12.5. The van der Waals surface area contributed by atoms with Gasteiger partial charge in [-0.25, -0.2) is 0 Å². The van der Waals surface area contributed by atoms with E-state index in [0.29, 0.717) is 19.4 Å². The quantitative estimate of drug-likeness (QED) is 0.284. The van der Waals surface area contributed by atoms with E-state index in [2.05, 4.69) is 10.5 Å². The Kier molecular flexibility index (Phi) is 3.24.